The molecule has 0 saturated carbocycles. The Morgan fingerprint density at radius 1 is 1.18 bits per heavy atom. The molecule has 5 nitrogen and oxygen atoms in total. The van der Waals surface area contributed by atoms with Crippen LogP contribution in [-0.4, -0.2) is 21.8 Å². The summed E-state index contributed by atoms with van der Waals surface area (Å²) < 4.78 is 0.766. The number of hydrogen-bond donors (Lipinski definition) is 0. The lowest BCUT2D eigenvalue weighted by Gasteiger charge is -2.08. The molecule has 0 bridgehead atoms. The summed E-state index contributed by atoms with van der Waals surface area (Å²) in [4.78, 5) is 33.0. The predicted octanol–water partition coefficient (Wildman–Crippen LogP) is 2.10. The van der Waals surface area contributed by atoms with E-state index in [-0.39, 0.29) is 11.8 Å². The third-order valence-corrected chi connectivity index (χ3v) is 3.81. The lowest BCUT2D eigenvalue weighted by atomic mass is 10.2. The van der Waals surface area contributed by atoms with Crippen LogP contribution in [0.3, 0.4) is 0 Å². The molecule has 3 heterocycles. The van der Waals surface area contributed by atoms with Crippen LogP contribution in [0.2, 0.25) is 0 Å². The van der Waals surface area contributed by atoms with Crippen LogP contribution in [-0.2, 0) is 0 Å². The second kappa shape index (κ2) is 3.71. The molecule has 7 heteroatoms. The molecule has 0 N–H and O–H groups in total. The van der Waals surface area contributed by atoms with E-state index in [0.717, 1.165) is 8.69 Å². The largest absolute Gasteiger partial charge is 0.269 e. The standard InChI is InChI=1S/C10H4BrN3O2S/c11-7-4-13-10(17-7)14-8(15)5-1-2-12-3-6(5)9(14)16/h1-4H. The Morgan fingerprint density at radius 3 is 2.59 bits per heavy atom. The van der Waals surface area contributed by atoms with Gasteiger partial charge in [0.25, 0.3) is 11.8 Å². The Morgan fingerprint density at radius 2 is 1.94 bits per heavy atom. The van der Waals surface area contributed by atoms with Gasteiger partial charge in [-0.05, 0) is 22.0 Å². The van der Waals surface area contributed by atoms with Crippen molar-refractivity contribution in [1.82, 2.24) is 9.97 Å². The first-order valence-corrected chi connectivity index (χ1v) is 6.23. The molecule has 2 aromatic heterocycles. The van der Waals surface area contributed by atoms with Crippen molar-refractivity contribution in [2.24, 2.45) is 0 Å². The Labute approximate surface area is 108 Å². The van der Waals surface area contributed by atoms with E-state index in [1.165, 1.54) is 29.8 Å². The monoisotopic (exact) mass is 309 g/mol. The van der Waals surface area contributed by atoms with Crippen LogP contribution in [0.15, 0.2) is 28.4 Å². The highest BCUT2D eigenvalue weighted by atomic mass is 79.9. The molecule has 1 aliphatic heterocycles. The van der Waals surface area contributed by atoms with E-state index < -0.39 is 0 Å². The van der Waals surface area contributed by atoms with E-state index in [1.807, 2.05) is 0 Å². The van der Waals surface area contributed by atoms with Gasteiger partial charge in [-0.2, -0.15) is 0 Å². The summed E-state index contributed by atoms with van der Waals surface area (Å²) in [5, 5.41) is 0.364. The Balaban J connectivity index is 2.12. The summed E-state index contributed by atoms with van der Waals surface area (Å²) in [6, 6.07) is 1.54. The summed E-state index contributed by atoms with van der Waals surface area (Å²) in [6.45, 7) is 0. The van der Waals surface area contributed by atoms with Crippen molar-refractivity contribution in [2.45, 2.75) is 0 Å². The number of anilines is 1. The topological polar surface area (TPSA) is 63.2 Å². The fraction of sp³-hybridized carbons (Fsp3) is 0. The van der Waals surface area contributed by atoms with Crippen molar-refractivity contribution in [3.8, 4) is 0 Å². The van der Waals surface area contributed by atoms with E-state index in [0.29, 0.717) is 16.3 Å². The molecule has 84 valence electrons. The lowest BCUT2D eigenvalue weighted by Crippen LogP contribution is -2.29. The van der Waals surface area contributed by atoms with Gasteiger partial charge in [0.15, 0.2) is 0 Å². The van der Waals surface area contributed by atoms with Crippen LogP contribution < -0.4 is 4.90 Å². The first-order valence-electron chi connectivity index (χ1n) is 4.62. The van der Waals surface area contributed by atoms with Gasteiger partial charge in [0.05, 0.1) is 21.1 Å². The van der Waals surface area contributed by atoms with Gasteiger partial charge < -0.3 is 0 Å². The second-order valence-corrected chi connectivity index (χ2v) is 5.70. The average molecular weight is 310 g/mol. The number of nitrogens with zero attached hydrogens (tertiary/aromatic N) is 3. The number of halogens is 1. The number of rotatable bonds is 1. The van der Waals surface area contributed by atoms with Gasteiger partial charge in [0, 0.05) is 12.4 Å². The number of imide groups is 1. The van der Waals surface area contributed by atoms with Gasteiger partial charge in [-0.1, -0.05) is 11.3 Å². The smallest absolute Gasteiger partial charge is 0.268 e. The number of carbonyl (C=O) groups excluding carboxylic acids is 2. The highest BCUT2D eigenvalue weighted by Crippen LogP contribution is 2.32. The maximum Gasteiger partial charge on any atom is 0.269 e. The van der Waals surface area contributed by atoms with Crippen LogP contribution in [0.1, 0.15) is 20.7 Å². The van der Waals surface area contributed by atoms with Gasteiger partial charge in [0.2, 0.25) is 5.13 Å². The van der Waals surface area contributed by atoms with E-state index in [9.17, 15) is 9.59 Å². The third-order valence-electron chi connectivity index (χ3n) is 2.34. The zero-order valence-corrected chi connectivity index (χ0v) is 10.7. The Bertz CT molecular complexity index is 605. The van der Waals surface area contributed by atoms with Crippen molar-refractivity contribution in [3.63, 3.8) is 0 Å². The van der Waals surface area contributed by atoms with Crippen molar-refractivity contribution in [2.75, 3.05) is 4.90 Å². The number of carbonyl (C=O) groups is 2. The summed E-state index contributed by atoms with van der Waals surface area (Å²) in [6.07, 6.45) is 4.45. The van der Waals surface area contributed by atoms with Crippen LogP contribution in [0.4, 0.5) is 5.13 Å². The molecule has 0 spiro atoms. The maximum atomic E-state index is 12.0. The minimum absolute atomic E-state index is 0.323. The molecule has 0 aromatic carbocycles. The second-order valence-electron chi connectivity index (χ2n) is 3.31. The van der Waals surface area contributed by atoms with Crippen LogP contribution >= 0.6 is 27.3 Å². The molecular formula is C10H4BrN3O2S. The average Bonchev–Trinajstić information content (AvgIpc) is 2.84. The van der Waals surface area contributed by atoms with E-state index in [4.69, 9.17) is 0 Å². The van der Waals surface area contributed by atoms with Gasteiger partial charge in [-0.3, -0.25) is 14.6 Å². The molecule has 1 aliphatic rings. The molecule has 2 amide bonds. The minimum Gasteiger partial charge on any atom is -0.268 e. The van der Waals surface area contributed by atoms with Gasteiger partial charge >= 0.3 is 0 Å². The highest BCUT2D eigenvalue weighted by Gasteiger charge is 2.38. The fourth-order valence-corrected chi connectivity index (χ4v) is 2.79. The number of thiazole rings is 1. The third kappa shape index (κ3) is 1.50. The number of amides is 2. The Kier molecular flexibility index (Phi) is 2.30. The lowest BCUT2D eigenvalue weighted by molar-refractivity contribution is 0.0926. The molecule has 17 heavy (non-hydrogen) atoms. The number of pyridine rings is 1. The molecular weight excluding hydrogens is 306 g/mol. The van der Waals surface area contributed by atoms with Crippen LogP contribution in [0, 0.1) is 0 Å². The molecule has 0 atom stereocenters. The summed E-state index contributed by atoms with van der Waals surface area (Å²) >= 11 is 4.48. The van der Waals surface area contributed by atoms with E-state index in [1.54, 1.807) is 6.20 Å². The van der Waals surface area contributed by atoms with E-state index in [2.05, 4.69) is 25.9 Å². The summed E-state index contributed by atoms with van der Waals surface area (Å²) in [7, 11) is 0. The molecule has 0 radical (unpaired) electrons. The molecule has 0 unspecified atom stereocenters. The van der Waals surface area contributed by atoms with Crippen molar-refractivity contribution in [1.29, 1.82) is 0 Å². The fourth-order valence-electron chi connectivity index (χ4n) is 1.61. The van der Waals surface area contributed by atoms with Crippen molar-refractivity contribution in [3.05, 3.63) is 39.6 Å². The van der Waals surface area contributed by atoms with Crippen molar-refractivity contribution >= 4 is 44.2 Å². The number of fused-ring (bicyclic) bond motifs is 1. The van der Waals surface area contributed by atoms with E-state index >= 15 is 0 Å². The molecule has 0 saturated heterocycles. The van der Waals surface area contributed by atoms with Gasteiger partial charge in [-0.15, -0.1) is 0 Å². The minimum atomic E-state index is -0.375. The summed E-state index contributed by atoms with van der Waals surface area (Å²) in [5.74, 6) is -0.728. The number of aromatic nitrogens is 2. The van der Waals surface area contributed by atoms with Crippen LogP contribution in [0.5, 0.6) is 0 Å². The first kappa shape index (κ1) is 10.5. The molecule has 3 rings (SSSR count). The molecule has 0 aliphatic carbocycles. The normalized spacial score (nSPS) is 14.3. The SMILES string of the molecule is O=C1c2ccncc2C(=O)N1c1ncc(Br)s1. The summed E-state index contributed by atoms with van der Waals surface area (Å²) in [5.41, 5.74) is 0.695. The van der Waals surface area contributed by atoms with Gasteiger partial charge in [0.1, 0.15) is 0 Å². The van der Waals surface area contributed by atoms with Gasteiger partial charge in [-0.25, -0.2) is 9.88 Å². The first-order chi connectivity index (χ1) is 8.18. The zero-order chi connectivity index (χ0) is 12.0. The maximum absolute atomic E-state index is 12.0. The Hall–Kier alpha value is -1.60. The predicted molar refractivity (Wildman–Crippen MR) is 65.2 cm³/mol. The van der Waals surface area contributed by atoms with Crippen LogP contribution in [0.25, 0.3) is 0 Å². The quantitative estimate of drug-likeness (QED) is 0.757. The number of hydrogen-bond acceptors (Lipinski definition) is 5. The molecule has 2 aromatic rings. The molecule has 0 fully saturated rings. The zero-order valence-electron chi connectivity index (χ0n) is 8.25. The highest BCUT2D eigenvalue weighted by molar-refractivity contribution is 9.11. The van der Waals surface area contributed by atoms with Crippen molar-refractivity contribution < 1.29 is 9.59 Å².